The molecule has 0 heterocycles. The van der Waals surface area contributed by atoms with Gasteiger partial charge in [-0.2, -0.15) is 0 Å². The Labute approximate surface area is 213 Å². The van der Waals surface area contributed by atoms with Crippen LogP contribution < -0.4 is 0 Å². The SMILES string of the molecule is COCCOCSc1ccc(/C(C)=C/c2ccc(C(=O)O)cc2)cc1C12CC3CC(CC(C3)C1)C2. The maximum absolute atomic E-state index is 11.2. The molecule has 4 fully saturated rings. The number of benzene rings is 2. The number of carboxylic acid groups (broad SMARTS) is 1. The number of hydrogen-bond acceptors (Lipinski definition) is 4. The molecule has 0 radical (unpaired) electrons. The fourth-order valence-corrected chi connectivity index (χ4v) is 8.04. The molecule has 0 aromatic heterocycles. The van der Waals surface area contributed by atoms with E-state index in [-0.39, 0.29) is 0 Å². The van der Waals surface area contributed by atoms with Crippen LogP contribution in [0.5, 0.6) is 0 Å². The van der Waals surface area contributed by atoms with Gasteiger partial charge in [-0.15, -0.1) is 0 Å². The molecule has 5 heteroatoms. The van der Waals surface area contributed by atoms with E-state index in [0.717, 1.165) is 23.3 Å². The number of carbonyl (C=O) groups is 1. The van der Waals surface area contributed by atoms with Gasteiger partial charge in [0.25, 0.3) is 0 Å². The molecule has 0 amide bonds. The standard InChI is InChI=1S/C30H36O4S/c1-20(11-21-3-5-25(6-4-21)29(31)32)26-7-8-28(35-19-34-10-9-33-2)27(15-26)30-16-22-12-23(17-30)14-24(13-22)18-30/h3-8,11,15,22-24H,9-10,12-14,16-19H2,1-2H3,(H,31,32)/b20-11+. The van der Waals surface area contributed by atoms with Gasteiger partial charge in [0.2, 0.25) is 0 Å². The summed E-state index contributed by atoms with van der Waals surface area (Å²) >= 11 is 1.82. The molecule has 4 nitrogen and oxygen atoms in total. The van der Waals surface area contributed by atoms with Crippen molar-refractivity contribution in [3.8, 4) is 0 Å². The smallest absolute Gasteiger partial charge is 0.335 e. The monoisotopic (exact) mass is 492 g/mol. The highest BCUT2D eigenvalue weighted by atomic mass is 32.2. The third-order valence-electron chi connectivity index (χ3n) is 8.31. The first kappa shape index (κ1) is 24.6. The highest BCUT2D eigenvalue weighted by Gasteiger charge is 2.52. The van der Waals surface area contributed by atoms with Gasteiger partial charge >= 0.3 is 5.97 Å². The highest BCUT2D eigenvalue weighted by molar-refractivity contribution is 7.99. The van der Waals surface area contributed by atoms with E-state index >= 15 is 0 Å². The van der Waals surface area contributed by atoms with Gasteiger partial charge in [0.1, 0.15) is 0 Å². The molecular formula is C30H36O4S. The van der Waals surface area contributed by atoms with E-state index in [4.69, 9.17) is 9.47 Å². The Hall–Kier alpha value is -2.08. The lowest BCUT2D eigenvalue weighted by atomic mass is 9.48. The van der Waals surface area contributed by atoms with Gasteiger partial charge in [-0.05, 0) is 115 Å². The average molecular weight is 493 g/mol. The summed E-state index contributed by atoms with van der Waals surface area (Å²) in [6, 6.07) is 14.1. The van der Waals surface area contributed by atoms with E-state index in [1.807, 2.05) is 23.9 Å². The predicted octanol–water partition coefficient (Wildman–Crippen LogP) is 7.13. The van der Waals surface area contributed by atoms with Crippen molar-refractivity contribution >= 4 is 29.4 Å². The quantitative estimate of drug-likeness (QED) is 0.166. The Balaban J connectivity index is 1.44. The van der Waals surface area contributed by atoms with E-state index in [1.165, 1.54) is 60.1 Å². The maximum atomic E-state index is 11.2. The molecule has 0 saturated heterocycles. The second-order valence-electron chi connectivity index (χ2n) is 10.8. The molecule has 1 N–H and O–H groups in total. The molecule has 0 atom stereocenters. The maximum Gasteiger partial charge on any atom is 0.335 e. The van der Waals surface area contributed by atoms with E-state index in [2.05, 4.69) is 31.2 Å². The summed E-state index contributed by atoms with van der Waals surface area (Å²) in [6.45, 7) is 3.40. The van der Waals surface area contributed by atoms with Crippen LogP contribution in [0.2, 0.25) is 0 Å². The van der Waals surface area contributed by atoms with Crippen molar-refractivity contribution in [3.05, 3.63) is 64.7 Å². The summed E-state index contributed by atoms with van der Waals surface area (Å²) in [5.41, 5.74) is 5.63. The number of hydrogen-bond donors (Lipinski definition) is 1. The highest BCUT2D eigenvalue weighted by Crippen LogP contribution is 2.61. The topological polar surface area (TPSA) is 55.8 Å². The van der Waals surface area contributed by atoms with Crippen LogP contribution in [0.15, 0.2) is 47.4 Å². The van der Waals surface area contributed by atoms with Crippen LogP contribution in [0.3, 0.4) is 0 Å². The lowest BCUT2D eigenvalue weighted by molar-refractivity contribution is -0.00642. The molecule has 6 rings (SSSR count). The van der Waals surface area contributed by atoms with Crippen LogP contribution >= 0.6 is 11.8 Å². The molecule has 186 valence electrons. The summed E-state index contributed by atoms with van der Waals surface area (Å²) in [4.78, 5) is 12.5. The number of carboxylic acids is 1. The normalized spacial score (nSPS) is 27.4. The molecule has 4 bridgehead atoms. The van der Waals surface area contributed by atoms with Gasteiger partial charge in [-0.3, -0.25) is 0 Å². The molecule has 0 aliphatic heterocycles. The Morgan fingerprint density at radius 1 is 1.00 bits per heavy atom. The van der Waals surface area contributed by atoms with E-state index < -0.39 is 5.97 Å². The molecule has 0 unspecified atom stereocenters. The van der Waals surface area contributed by atoms with Crippen molar-refractivity contribution in [1.29, 1.82) is 0 Å². The number of rotatable bonds is 10. The average Bonchev–Trinajstić information content (AvgIpc) is 2.83. The largest absolute Gasteiger partial charge is 0.478 e. The van der Waals surface area contributed by atoms with Crippen molar-refractivity contribution in [2.75, 3.05) is 26.3 Å². The predicted molar refractivity (Wildman–Crippen MR) is 142 cm³/mol. The fraction of sp³-hybridized carbons (Fsp3) is 0.500. The molecule has 2 aromatic rings. The molecule has 4 aliphatic carbocycles. The third-order valence-corrected chi connectivity index (χ3v) is 9.27. The van der Waals surface area contributed by atoms with Crippen molar-refractivity contribution in [2.45, 2.75) is 55.8 Å². The summed E-state index contributed by atoms with van der Waals surface area (Å²) < 4.78 is 10.9. The lowest BCUT2D eigenvalue weighted by Gasteiger charge is -2.57. The molecule has 0 spiro atoms. The zero-order chi connectivity index (χ0) is 24.4. The van der Waals surface area contributed by atoms with Crippen LogP contribution in [0.4, 0.5) is 0 Å². The molecule has 2 aromatic carbocycles. The number of thioether (sulfide) groups is 1. The Bertz CT molecular complexity index is 1050. The lowest BCUT2D eigenvalue weighted by Crippen LogP contribution is -2.48. The molecule has 4 saturated carbocycles. The molecular weight excluding hydrogens is 456 g/mol. The Morgan fingerprint density at radius 2 is 1.63 bits per heavy atom. The van der Waals surface area contributed by atoms with Gasteiger partial charge in [-0.1, -0.05) is 36.0 Å². The first-order chi connectivity index (χ1) is 17.0. The van der Waals surface area contributed by atoms with Crippen molar-refractivity contribution < 1.29 is 19.4 Å². The van der Waals surface area contributed by atoms with Crippen LogP contribution in [0, 0.1) is 17.8 Å². The van der Waals surface area contributed by atoms with E-state index in [1.54, 1.807) is 19.2 Å². The number of allylic oxidation sites excluding steroid dienone is 1. The van der Waals surface area contributed by atoms with Crippen molar-refractivity contribution in [3.63, 3.8) is 0 Å². The third kappa shape index (κ3) is 5.37. The second-order valence-corrected chi connectivity index (χ2v) is 11.8. The van der Waals surface area contributed by atoms with Crippen molar-refractivity contribution in [1.82, 2.24) is 0 Å². The number of methoxy groups -OCH3 is 1. The summed E-state index contributed by atoms with van der Waals surface area (Å²) in [7, 11) is 1.71. The first-order valence-electron chi connectivity index (χ1n) is 12.8. The summed E-state index contributed by atoms with van der Waals surface area (Å²) in [5.74, 6) is 2.43. The molecule has 4 aliphatic rings. The first-order valence-corrected chi connectivity index (χ1v) is 13.8. The number of aromatic carboxylic acids is 1. The van der Waals surface area contributed by atoms with Gasteiger partial charge in [-0.25, -0.2) is 4.79 Å². The number of ether oxygens (including phenoxy) is 2. The van der Waals surface area contributed by atoms with Crippen LogP contribution in [0.1, 0.15) is 72.5 Å². The van der Waals surface area contributed by atoms with Crippen molar-refractivity contribution in [2.24, 2.45) is 17.8 Å². The van der Waals surface area contributed by atoms with E-state index in [0.29, 0.717) is 30.1 Å². The van der Waals surface area contributed by atoms with Gasteiger partial charge in [0.15, 0.2) is 0 Å². The van der Waals surface area contributed by atoms with Crippen LogP contribution in [0.25, 0.3) is 11.6 Å². The Kier molecular flexibility index (Phi) is 7.38. The van der Waals surface area contributed by atoms with Crippen LogP contribution in [-0.4, -0.2) is 37.3 Å². The summed E-state index contributed by atoms with van der Waals surface area (Å²) in [6.07, 6.45) is 10.5. The second kappa shape index (κ2) is 10.5. The van der Waals surface area contributed by atoms with Gasteiger partial charge in [0.05, 0.1) is 24.7 Å². The minimum absolute atomic E-state index is 0.309. The van der Waals surface area contributed by atoms with Gasteiger partial charge in [0, 0.05) is 12.0 Å². The minimum atomic E-state index is -0.892. The Morgan fingerprint density at radius 3 is 2.23 bits per heavy atom. The van der Waals surface area contributed by atoms with E-state index in [9.17, 15) is 9.90 Å². The molecule has 35 heavy (non-hydrogen) atoms. The fourth-order valence-electron chi connectivity index (χ4n) is 7.12. The minimum Gasteiger partial charge on any atom is -0.478 e. The van der Waals surface area contributed by atoms with Gasteiger partial charge < -0.3 is 14.6 Å². The summed E-state index contributed by atoms with van der Waals surface area (Å²) in [5, 5.41) is 9.18. The zero-order valence-electron chi connectivity index (χ0n) is 20.8. The van der Waals surface area contributed by atoms with Crippen LogP contribution in [-0.2, 0) is 14.9 Å². The zero-order valence-corrected chi connectivity index (χ0v) is 21.6.